The van der Waals surface area contributed by atoms with Gasteiger partial charge in [0, 0.05) is 6.42 Å². The second-order valence-electron chi connectivity index (χ2n) is 3.61. The molecule has 1 unspecified atom stereocenters. The van der Waals surface area contributed by atoms with E-state index >= 15 is 0 Å². The van der Waals surface area contributed by atoms with Crippen LogP contribution in [0, 0.1) is 17.2 Å². The number of nitrogens with zero attached hydrogens (tertiary/aromatic N) is 1. The lowest BCUT2D eigenvalue weighted by Crippen LogP contribution is -2.28. The molecular weight excluding hydrogens is 138 g/mol. The van der Waals surface area contributed by atoms with Gasteiger partial charge in [-0.25, -0.2) is 0 Å². The van der Waals surface area contributed by atoms with Crippen LogP contribution in [0.3, 0.4) is 0 Å². The minimum absolute atomic E-state index is 0.274. The first kappa shape index (κ1) is 10.4. The van der Waals surface area contributed by atoms with Crippen LogP contribution in [0.15, 0.2) is 0 Å². The molecule has 0 aromatic carbocycles. The second-order valence-corrected chi connectivity index (χ2v) is 3.61. The summed E-state index contributed by atoms with van der Waals surface area (Å²) in [6.07, 6.45) is 2.42. The van der Waals surface area contributed by atoms with E-state index in [-0.39, 0.29) is 5.92 Å². The van der Waals surface area contributed by atoms with Gasteiger partial charge in [0.05, 0.1) is 11.7 Å². The minimum Gasteiger partial charge on any atom is -0.390 e. The molecule has 0 saturated heterocycles. The van der Waals surface area contributed by atoms with E-state index in [1.807, 2.05) is 20.8 Å². The summed E-state index contributed by atoms with van der Waals surface area (Å²) >= 11 is 0. The van der Waals surface area contributed by atoms with Gasteiger partial charge in [-0.3, -0.25) is 0 Å². The molecule has 0 aliphatic carbocycles. The third kappa shape index (κ3) is 4.80. The molecule has 0 rings (SSSR count). The first-order valence-corrected chi connectivity index (χ1v) is 4.08. The molecule has 0 spiro atoms. The lowest BCUT2D eigenvalue weighted by Gasteiger charge is -2.25. The van der Waals surface area contributed by atoms with E-state index in [0.717, 1.165) is 12.8 Å². The third-order valence-corrected chi connectivity index (χ3v) is 2.13. The van der Waals surface area contributed by atoms with Crippen molar-refractivity contribution in [3.05, 3.63) is 0 Å². The monoisotopic (exact) mass is 155 g/mol. The van der Waals surface area contributed by atoms with E-state index in [1.54, 1.807) is 0 Å². The van der Waals surface area contributed by atoms with Crippen LogP contribution in [0.4, 0.5) is 0 Å². The molecule has 0 bridgehead atoms. The zero-order valence-electron chi connectivity index (χ0n) is 7.59. The van der Waals surface area contributed by atoms with Crippen LogP contribution in [-0.4, -0.2) is 10.7 Å². The van der Waals surface area contributed by atoms with Crippen LogP contribution in [0.2, 0.25) is 0 Å². The van der Waals surface area contributed by atoms with Crippen molar-refractivity contribution in [2.24, 2.45) is 5.92 Å². The summed E-state index contributed by atoms with van der Waals surface area (Å²) < 4.78 is 0. The Morgan fingerprint density at radius 3 is 2.45 bits per heavy atom. The van der Waals surface area contributed by atoms with Gasteiger partial charge in [0.1, 0.15) is 0 Å². The smallest absolute Gasteiger partial charge is 0.0621 e. The highest BCUT2D eigenvalue weighted by Crippen LogP contribution is 2.20. The Morgan fingerprint density at radius 2 is 2.09 bits per heavy atom. The quantitative estimate of drug-likeness (QED) is 0.632. The van der Waals surface area contributed by atoms with Crippen molar-refractivity contribution in [1.29, 1.82) is 5.26 Å². The van der Waals surface area contributed by atoms with E-state index in [1.165, 1.54) is 0 Å². The summed E-state index contributed by atoms with van der Waals surface area (Å²) in [5, 5.41) is 17.8. The van der Waals surface area contributed by atoms with Gasteiger partial charge in [0.15, 0.2) is 0 Å². The highest BCUT2D eigenvalue weighted by atomic mass is 16.3. The van der Waals surface area contributed by atoms with Crippen LogP contribution >= 0.6 is 0 Å². The van der Waals surface area contributed by atoms with Crippen molar-refractivity contribution in [3.63, 3.8) is 0 Å². The molecule has 1 N–H and O–H groups in total. The van der Waals surface area contributed by atoms with Gasteiger partial charge in [0.25, 0.3) is 0 Å². The first-order valence-electron chi connectivity index (χ1n) is 4.08. The fraction of sp³-hybridized carbons (Fsp3) is 0.889. The summed E-state index contributed by atoms with van der Waals surface area (Å²) in [4.78, 5) is 0. The Morgan fingerprint density at radius 1 is 1.55 bits per heavy atom. The van der Waals surface area contributed by atoms with Crippen molar-refractivity contribution in [3.8, 4) is 6.07 Å². The average molecular weight is 155 g/mol. The molecule has 2 heteroatoms. The summed E-state index contributed by atoms with van der Waals surface area (Å²) in [6, 6.07) is 2.09. The molecular formula is C9H17NO. The molecule has 64 valence electrons. The number of rotatable bonds is 4. The molecule has 0 aliphatic heterocycles. The molecule has 11 heavy (non-hydrogen) atoms. The van der Waals surface area contributed by atoms with E-state index < -0.39 is 5.60 Å². The Labute approximate surface area is 68.8 Å². The fourth-order valence-corrected chi connectivity index (χ4v) is 0.841. The molecule has 0 heterocycles. The summed E-state index contributed by atoms with van der Waals surface area (Å²) in [6.45, 7) is 5.63. The van der Waals surface area contributed by atoms with Crippen molar-refractivity contribution < 1.29 is 5.11 Å². The van der Waals surface area contributed by atoms with E-state index in [9.17, 15) is 5.11 Å². The van der Waals surface area contributed by atoms with Crippen molar-refractivity contribution in [2.45, 2.75) is 45.6 Å². The lowest BCUT2D eigenvalue weighted by atomic mass is 9.88. The van der Waals surface area contributed by atoms with Gasteiger partial charge >= 0.3 is 0 Å². The highest BCUT2D eigenvalue weighted by Gasteiger charge is 2.21. The standard InChI is InChI=1S/C9H17NO/c1-8(9(2,3)11)6-4-5-7-10/h8,11H,4-6H2,1-3H3. The topological polar surface area (TPSA) is 44.0 Å². The molecule has 0 amide bonds. The van der Waals surface area contributed by atoms with Crippen LogP contribution in [0.1, 0.15) is 40.0 Å². The largest absolute Gasteiger partial charge is 0.390 e. The zero-order chi connectivity index (χ0) is 8.91. The van der Waals surface area contributed by atoms with E-state index in [4.69, 9.17) is 5.26 Å². The summed E-state index contributed by atoms with van der Waals surface area (Å²) in [5.74, 6) is 0.274. The van der Waals surface area contributed by atoms with Crippen molar-refractivity contribution >= 4 is 0 Å². The Balaban J connectivity index is 3.55. The Bertz CT molecular complexity index is 141. The van der Waals surface area contributed by atoms with Crippen LogP contribution in [0.25, 0.3) is 0 Å². The van der Waals surface area contributed by atoms with Crippen molar-refractivity contribution in [1.82, 2.24) is 0 Å². The lowest BCUT2D eigenvalue weighted by molar-refractivity contribution is 0.0207. The fourth-order valence-electron chi connectivity index (χ4n) is 0.841. The highest BCUT2D eigenvalue weighted by molar-refractivity contribution is 4.76. The van der Waals surface area contributed by atoms with Gasteiger partial charge < -0.3 is 5.11 Å². The average Bonchev–Trinajstić information content (AvgIpc) is 1.86. The van der Waals surface area contributed by atoms with Gasteiger partial charge in [-0.15, -0.1) is 0 Å². The number of nitriles is 1. The molecule has 0 saturated carbocycles. The number of hydrogen-bond acceptors (Lipinski definition) is 2. The van der Waals surface area contributed by atoms with Gasteiger partial charge in [-0.1, -0.05) is 6.92 Å². The van der Waals surface area contributed by atoms with Gasteiger partial charge in [0.2, 0.25) is 0 Å². The Hall–Kier alpha value is -0.550. The molecule has 0 radical (unpaired) electrons. The summed E-state index contributed by atoms with van der Waals surface area (Å²) in [7, 11) is 0. The van der Waals surface area contributed by atoms with Crippen LogP contribution in [-0.2, 0) is 0 Å². The third-order valence-electron chi connectivity index (χ3n) is 2.13. The molecule has 1 atom stereocenters. The maximum Gasteiger partial charge on any atom is 0.0621 e. The SMILES string of the molecule is CC(CCCC#N)C(C)(C)O. The van der Waals surface area contributed by atoms with Gasteiger partial charge in [-0.05, 0) is 32.6 Å². The van der Waals surface area contributed by atoms with Gasteiger partial charge in [-0.2, -0.15) is 5.26 Å². The van der Waals surface area contributed by atoms with E-state index in [0.29, 0.717) is 6.42 Å². The van der Waals surface area contributed by atoms with E-state index in [2.05, 4.69) is 6.07 Å². The summed E-state index contributed by atoms with van der Waals surface area (Å²) in [5.41, 5.74) is -0.602. The van der Waals surface area contributed by atoms with Crippen LogP contribution in [0.5, 0.6) is 0 Å². The number of unbranched alkanes of at least 4 members (excludes halogenated alkanes) is 1. The number of aliphatic hydroxyl groups is 1. The predicted octanol–water partition coefficient (Wildman–Crippen LogP) is 2.09. The van der Waals surface area contributed by atoms with Crippen molar-refractivity contribution in [2.75, 3.05) is 0 Å². The molecule has 0 aromatic heterocycles. The molecule has 0 aromatic rings. The molecule has 0 fully saturated rings. The number of hydrogen-bond donors (Lipinski definition) is 1. The molecule has 2 nitrogen and oxygen atoms in total. The second kappa shape index (κ2) is 4.35. The predicted molar refractivity (Wildman–Crippen MR) is 44.9 cm³/mol. The zero-order valence-corrected chi connectivity index (χ0v) is 7.59. The first-order chi connectivity index (χ1) is 4.98. The Kier molecular flexibility index (Phi) is 4.14. The maximum atomic E-state index is 9.50. The normalized spacial score (nSPS) is 14.1. The maximum absolute atomic E-state index is 9.50. The minimum atomic E-state index is -0.602. The van der Waals surface area contributed by atoms with Crippen LogP contribution < -0.4 is 0 Å². The molecule has 0 aliphatic rings.